The van der Waals surface area contributed by atoms with E-state index in [1.807, 2.05) is 7.11 Å². The van der Waals surface area contributed by atoms with Crippen molar-refractivity contribution in [2.24, 2.45) is 5.92 Å². The largest absolute Gasteiger partial charge is 0.381 e. The summed E-state index contributed by atoms with van der Waals surface area (Å²) in [6, 6.07) is 0. The second kappa shape index (κ2) is 7.61. The van der Waals surface area contributed by atoms with Crippen LogP contribution in [0.2, 0.25) is 0 Å². The molecule has 0 radical (unpaired) electrons. The summed E-state index contributed by atoms with van der Waals surface area (Å²) in [5.41, 5.74) is 0.151. The van der Waals surface area contributed by atoms with E-state index in [9.17, 15) is 0 Å². The van der Waals surface area contributed by atoms with Crippen LogP contribution in [0.3, 0.4) is 0 Å². The molecule has 1 N–H and O–H groups in total. The topological polar surface area (TPSA) is 30.5 Å². The van der Waals surface area contributed by atoms with Crippen LogP contribution in [0.25, 0.3) is 0 Å². The van der Waals surface area contributed by atoms with E-state index >= 15 is 0 Å². The average Bonchev–Trinajstić information content (AvgIpc) is 2.33. The quantitative estimate of drug-likeness (QED) is 0.803. The van der Waals surface area contributed by atoms with Crippen LogP contribution in [0.1, 0.15) is 60.3 Å². The molecule has 1 fully saturated rings. The highest BCUT2D eigenvalue weighted by molar-refractivity contribution is 4.79. The van der Waals surface area contributed by atoms with E-state index in [4.69, 9.17) is 9.47 Å². The normalized spacial score (nSPS) is 26.7. The minimum Gasteiger partial charge on any atom is -0.381 e. The Kier molecular flexibility index (Phi) is 6.78. The van der Waals surface area contributed by atoms with E-state index in [1.54, 1.807) is 0 Å². The zero-order chi connectivity index (χ0) is 14.5. The first-order chi connectivity index (χ1) is 8.81. The summed E-state index contributed by atoms with van der Waals surface area (Å²) in [4.78, 5) is 0. The van der Waals surface area contributed by atoms with Crippen molar-refractivity contribution >= 4 is 0 Å². The van der Waals surface area contributed by atoms with Gasteiger partial charge in [-0.2, -0.15) is 0 Å². The molecule has 3 nitrogen and oxygen atoms in total. The molecule has 114 valence electrons. The minimum absolute atomic E-state index is 0.151. The lowest BCUT2D eigenvalue weighted by Gasteiger charge is -2.34. The zero-order valence-electron chi connectivity index (χ0n) is 13.7. The van der Waals surface area contributed by atoms with Gasteiger partial charge in [0, 0.05) is 19.2 Å². The number of ether oxygens (including phenoxy) is 2. The number of hydrogen-bond donors (Lipinski definition) is 1. The lowest BCUT2D eigenvalue weighted by Crippen LogP contribution is -2.45. The molecule has 19 heavy (non-hydrogen) atoms. The summed E-state index contributed by atoms with van der Waals surface area (Å²) in [5.74, 6) is 0.540. The summed E-state index contributed by atoms with van der Waals surface area (Å²) in [5, 5.41) is 3.56. The van der Waals surface area contributed by atoms with E-state index in [1.165, 1.54) is 19.3 Å². The van der Waals surface area contributed by atoms with Gasteiger partial charge in [0.1, 0.15) is 0 Å². The standard InChI is InChI=1S/C16H33NO2/c1-12(2)15(11-17-16(3,4)5)19-14-9-7-8-13(10-14)18-6/h12-15,17H,7-11H2,1-6H3. The van der Waals surface area contributed by atoms with Crippen molar-refractivity contribution in [3.8, 4) is 0 Å². The molecule has 0 saturated heterocycles. The predicted octanol–water partition coefficient (Wildman–Crippen LogP) is 3.37. The van der Waals surface area contributed by atoms with Gasteiger partial charge in [-0.25, -0.2) is 0 Å². The van der Waals surface area contributed by atoms with Crippen LogP contribution in [-0.4, -0.2) is 37.5 Å². The van der Waals surface area contributed by atoms with Gasteiger partial charge in [-0.15, -0.1) is 0 Å². The number of nitrogens with one attached hydrogen (secondary N) is 1. The first kappa shape index (κ1) is 16.9. The van der Waals surface area contributed by atoms with Gasteiger partial charge < -0.3 is 14.8 Å². The third-order valence-electron chi connectivity index (χ3n) is 3.86. The van der Waals surface area contributed by atoms with Crippen LogP contribution >= 0.6 is 0 Å². The van der Waals surface area contributed by atoms with Crippen molar-refractivity contribution in [1.82, 2.24) is 5.32 Å². The summed E-state index contributed by atoms with van der Waals surface area (Å²) in [7, 11) is 1.81. The Hall–Kier alpha value is -0.120. The maximum atomic E-state index is 6.34. The van der Waals surface area contributed by atoms with Gasteiger partial charge in [0.2, 0.25) is 0 Å². The SMILES string of the molecule is COC1CCCC(OC(CNC(C)(C)C)C(C)C)C1. The molecule has 0 spiro atoms. The van der Waals surface area contributed by atoms with E-state index in [0.29, 0.717) is 24.2 Å². The van der Waals surface area contributed by atoms with Crippen LogP contribution in [-0.2, 0) is 9.47 Å². The highest BCUT2D eigenvalue weighted by atomic mass is 16.5. The second-order valence-corrected chi connectivity index (χ2v) is 7.20. The monoisotopic (exact) mass is 271 g/mol. The Labute approximate surface area is 119 Å². The molecule has 0 heterocycles. The highest BCUT2D eigenvalue weighted by Crippen LogP contribution is 2.25. The summed E-state index contributed by atoms with van der Waals surface area (Å²) in [6.45, 7) is 12.0. The van der Waals surface area contributed by atoms with Crippen molar-refractivity contribution in [2.75, 3.05) is 13.7 Å². The van der Waals surface area contributed by atoms with Crippen LogP contribution in [0.15, 0.2) is 0 Å². The fraction of sp³-hybridized carbons (Fsp3) is 1.00. The molecule has 0 aromatic carbocycles. The molecule has 1 aliphatic rings. The molecule has 1 rings (SSSR count). The van der Waals surface area contributed by atoms with Crippen LogP contribution in [0, 0.1) is 5.92 Å². The first-order valence-corrected chi connectivity index (χ1v) is 7.75. The maximum absolute atomic E-state index is 6.34. The molecule has 0 aliphatic heterocycles. The fourth-order valence-corrected chi connectivity index (χ4v) is 2.53. The lowest BCUT2D eigenvalue weighted by molar-refractivity contribution is -0.0794. The number of hydrogen-bond acceptors (Lipinski definition) is 3. The molecule has 1 aliphatic carbocycles. The molecule has 0 aromatic heterocycles. The summed E-state index contributed by atoms with van der Waals surface area (Å²) >= 11 is 0. The molecule has 3 atom stereocenters. The Morgan fingerprint density at radius 3 is 2.32 bits per heavy atom. The third kappa shape index (κ3) is 6.73. The fourth-order valence-electron chi connectivity index (χ4n) is 2.53. The maximum Gasteiger partial charge on any atom is 0.0726 e. The summed E-state index contributed by atoms with van der Waals surface area (Å²) in [6.07, 6.45) is 5.69. The zero-order valence-corrected chi connectivity index (χ0v) is 13.7. The van der Waals surface area contributed by atoms with E-state index in [-0.39, 0.29) is 5.54 Å². The van der Waals surface area contributed by atoms with Gasteiger partial charge >= 0.3 is 0 Å². The molecular weight excluding hydrogens is 238 g/mol. The molecular formula is C16H33NO2. The highest BCUT2D eigenvalue weighted by Gasteiger charge is 2.26. The van der Waals surface area contributed by atoms with Crippen LogP contribution in [0.4, 0.5) is 0 Å². The first-order valence-electron chi connectivity index (χ1n) is 7.75. The van der Waals surface area contributed by atoms with Gasteiger partial charge in [0.25, 0.3) is 0 Å². The van der Waals surface area contributed by atoms with E-state index in [2.05, 4.69) is 39.9 Å². The van der Waals surface area contributed by atoms with Crippen molar-refractivity contribution in [2.45, 2.75) is 84.2 Å². The van der Waals surface area contributed by atoms with Gasteiger partial charge in [-0.05, 0) is 52.4 Å². The van der Waals surface area contributed by atoms with Crippen molar-refractivity contribution in [1.29, 1.82) is 0 Å². The van der Waals surface area contributed by atoms with E-state index in [0.717, 1.165) is 13.0 Å². The van der Waals surface area contributed by atoms with Crippen LogP contribution < -0.4 is 5.32 Å². The second-order valence-electron chi connectivity index (χ2n) is 7.20. The van der Waals surface area contributed by atoms with Crippen molar-refractivity contribution < 1.29 is 9.47 Å². The van der Waals surface area contributed by atoms with Crippen molar-refractivity contribution in [3.05, 3.63) is 0 Å². The van der Waals surface area contributed by atoms with E-state index < -0.39 is 0 Å². The molecule has 0 aromatic rings. The van der Waals surface area contributed by atoms with Gasteiger partial charge in [0.15, 0.2) is 0 Å². The Balaban J connectivity index is 2.44. The smallest absolute Gasteiger partial charge is 0.0726 e. The molecule has 1 saturated carbocycles. The summed E-state index contributed by atoms with van der Waals surface area (Å²) < 4.78 is 11.8. The van der Waals surface area contributed by atoms with Gasteiger partial charge in [-0.3, -0.25) is 0 Å². The van der Waals surface area contributed by atoms with Gasteiger partial charge in [-0.1, -0.05) is 13.8 Å². The van der Waals surface area contributed by atoms with Crippen LogP contribution in [0.5, 0.6) is 0 Å². The molecule has 0 amide bonds. The number of rotatable bonds is 6. The molecule has 3 heteroatoms. The third-order valence-corrected chi connectivity index (χ3v) is 3.86. The average molecular weight is 271 g/mol. The molecule has 0 bridgehead atoms. The van der Waals surface area contributed by atoms with Crippen molar-refractivity contribution in [3.63, 3.8) is 0 Å². The minimum atomic E-state index is 0.151. The predicted molar refractivity (Wildman–Crippen MR) is 80.5 cm³/mol. The Bertz CT molecular complexity index is 248. The Morgan fingerprint density at radius 2 is 1.79 bits per heavy atom. The number of methoxy groups -OCH3 is 1. The Morgan fingerprint density at radius 1 is 1.16 bits per heavy atom. The molecule has 3 unspecified atom stereocenters. The van der Waals surface area contributed by atoms with Gasteiger partial charge in [0.05, 0.1) is 18.3 Å². The lowest BCUT2D eigenvalue weighted by atomic mass is 9.94.